The van der Waals surface area contributed by atoms with E-state index in [2.05, 4.69) is 10.3 Å². The summed E-state index contributed by atoms with van der Waals surface area (Å²) >= 11 is 1.26. The zero-order valence-corrected chi connectivity index (χ0v) is 11.6. The summed E-state index contributed by atoms with van der Waals surface area (Å²) in [6.07, 6.45) is 9.87. The Morgan fingerprint density at radius 3 is 2.83 bits per heavy atom. The van der Waals surface area contributed by atoms with Crippen molar-refractivity contribution in [2.45, 2.75) is 57.5 Å². The summed E-state index contributed by atoms with van der Waals surface area (Å²) in [4.78, 5) is 14.0. The van der Waals surface area contributed by atoms with Crippen LogP contribution >= 0.6 is 11.3 Å². The third-order valence-corrected chi connectivity index (χ3v) is 5.41. The zero-order valence-electron chi connectivity index (χ0n) is 10.8. The lowest BCUT2D eigenvalue weighted by Gasteiger charge is -2.39. The van der Waals surface area contributed by atoms with Gasteiger partial charge in [-0.3, -0.25) is 4.79 Å². The lowest BCUT2D eigenvalue weighted by Crippen LogP contribution is -2.38. The van der Waals surface area contributed by atoms with E-state index in [-0.39, 0.29) is 4.87 Å². The Morgan fingerprint density at radius 2 is 2.06 bits per heavy atom. The summed E-state index contributed by atoms with van der Waals surface area (Å²) in [6.45, 7) is 0.820. The molecule has 4 heteroatoms. The third kappa shape index (κ3) is 2.86. The SMILES string of the molecule is O=c1[nH]c(CNC2CCC3CCCCC3C2)cs1. The normalized spacial score (nSPS) is 32.1. The molecule has 100 valence electrons. The topological polar surface area (TPSA) is 44.9 Å². The van der Waals surface area contributed by atoms with Crippen LogP contribution < -0.4 is 10.2 Å². The number of aromatic amines is 1. The first-order chi connectivity index (χ1) is 8.81. The first-order valence-corrected chi connectivity index (χ1v) is 8.09. The Morgan fingerprint density at radius 1 is 1.22 bits per heavy atom. The molecular formula is C14H22N2OS. The molecule has 0 radical (unpaired) electrons. The molecule has 0 amide bonds. The lowest BCUT2D eigenvalue weighted by molar-refractivity contribution is 0.143. The molecule has 2 aliphatic carbocycles. The second-order valence-corrected chi connectivity index (χ2v) is 6.71. The van der Waals surface area contributed by atoms with Crippen LogP contribution in [-0.2, 0) is 6.54 Å². The van der Waals surface area contributed by atoms with Gasteiger partial charge in [0, 0.05) is 23.7 Å². The summed E-state index contributed by atoms with van der Waals surface area (Å²) < 4.78 is 0. The Bertz CT molecular complexity index is 439. The van der Waals surface area contributed by atoms with Crippen LogP contribution in [0.3, 0.4) is 0 Å². The number of hydrogen-bond acceptors (Lipinski definition) is 3. The molecule has 0 aliphatic heterocycles. The predicted octanol–water partition coefficient (Wildman–Crippen LogP) is 2.88. The van der Waals surface area contributed by atoms with E-state index in [1.54, 1.807) is 0 Å². The molecule has 0 spiro atoms. The monoisotopic (exact) mass is 266 g/mol. The van der Waals surface area contributed by atoms with Crippen molar-refractivity contribution in [1.82, 2.24) is 10.3 Å². The standard InChI is InChI=1S/C14H22N2OS/c17-14-16-13(9-18-14)8-15-12-6-5-10-3-1-2-4-11(10)7-12/h9-12,15H,1-8H2,(H,16,17). The van der Waals surface area contributed by atoms with E-state index in [4.69, 9.17) is 0 Å². The Kier molecular flexibility index (Phi) is 3.85. The van der Waals surface area contributed by atoms with Crippen molar-refractivity contribution in [1.29, 1.82) is 0 Å². The fourth-order valence-electron chi connectivity index (χ4n) is 3.71. The minimum Gasteiger partial charge on any atom is -0.315 e. The van der Waals surface area contributed by atoms with Crippen LogP contribution in [0.15, 0.2) is 10.2 Å². The molecule has 0 aromatic carbocycles. The van der Waals surface area contributed by atoms with Gasteiger partial charge in [0.2, 0.25) is 0 Å². The van der Waals surface area contributed by atoms with Crippen molar-refractivity contribution in [3.63, 3.8) is 0 Å². The molecule has 2 N–H and O–H groups in total. The van der Waals surface area contributed by atoms with Gasteiger partial charge in [0.1, 0.15) is 0 Å². The second-order valence-electron chi connectivity index (χ2n) is 5.87. The van der Waals surface area contributed by atoms with E-state index in [9.17, 15) is 4.79 Å². The van der Waals surface area contributed by atoms with Crippen molar-refractivity contribution in [2.24, 2.45) is 11.8 Å². The molecular weight excluding hydrogens is 244 g/mol. The number of hydrogen-bond donors (Lipinski definition) is 2. The van der Waals surface area contributed by atoms with Gasteiger partial charge >= 0.3 is 4.87 Å². The van der Waals surface area contributed by atoms with Gasteiger partial charge in [-0.05, 0) is 31.1 Å². The number of aromatic nitrogens is 1. The van der Waals surface area contributed by atoms with E-state index < -0.39 is 0 Å². The Balaban J connectivity index is 1.50. The molecule has 1 aromatic heterocycles. The number of H-pyrrole nitrogens is 1. The minimum atomic E-state index is 0.0581. The molecule has 2 saturated carbocycles. The molecule has 2 aliphatic rings. The molecule has 0 bridgehead atoms. The fraction of sp³-hybridized carbons (Fsp3) is 0.786. The second kappa shape index (κ2) is 5.57. The molecule has 18 heavy (non-hydrogen) atoms. The molecule has 3 nitrogen and oxygen atoms in total. The highest BCUT2D eigenvalue weighted by molar-refractivity contribution is 7.07. The highest BCUT2D eigenvalue weighted by Gasteiger charge is 2.31. The average Bonchev–Trinajstić information content (AvgIpc) is 2.82. The largest absolute Gasteiger partial charge is 0.315 e. The fourth-order valence-corrected chi connectivity index (χ4v) is 4.30. The summed E-state index contributed by atoms with van der Waals surface area (Å²) in [5.74, 6) is 1.98. The van der Waals surface area contributed by atoms with Gasteiger partial charge in [0.15, 0.2) is 0 Å². The van der Waals surface area contributed by atoms with E-state index in [0.717, 1.165) is 24.1 Å². The van der Waals surface area contributed by atoms with Gasteiger partial charge < -0.3 is 10.3 Å². The van der Waals surface area contributed by atoms with Crippen molar-refractivity contribution >= 4 is 11.3 Å². The van der Waals surface area contributed by atoms with E-state index >= 15 is 0 Å². The maximum Gasteiger partial charge on any atom is 0.304 e. The number of thiazole rings is 1. The first kappa shape index (κ1) is 12.4. The zero-order chi connectivity index (χ0) is 12.4. The Labute approximate surface area is 112 Å². The van der Waals surface area contributed by atoms with Crippen molar-refractivity contribution in [3.8, 4) is 0 Å². The van der Waals surface area contributed by atoms with E-state index in [1.807, 2.05) is 5.38 Å². The summed E-state index contributed by atoms with van der Waals surface area (Å²) in [6, 6.07) is 0.660. The molecule has 3 atom stereocenters. The highest BCUT2D eigenvalue weighted by Crippen LogP contribution is 2.40. The smallest absolute Gasteiger partial charge is 0.304 e. The number of nitrogens with one attached hydrogen (secondary N) is 2. The molecule has 0 saturated heterocycles. The number of rotatable bonds is 3. The van der Waals surface area contributed by atoms with Crippen LogP contribution in [0.4, 0.5) is 0 Å². The van der Waals surface area contributed by atoms with Crippen molar-refractivity contribution < 1.29 is 0 Å². The van der Waals surface area contributed by atoms with Crippen molar-refractivity contribution in [3.05, 3.63) is 20.7 Å². The summed E-state index contributed by atoms with van der Waals surface area (Å²) in [5.41, 5.74) is 1.04. The summed E-state index contributed by atoms with van der Waals surface area (Å²) in [5, 5.41) is 5.55. The molecule has 1 aromatic rings. The third-order valence-electron chi connectivity index (χ3n) is 4.69. The highest BCUT2D eigenvalue weighted by atomic mass is 32.1. The van der Waals surface area contributed by atoms with Gasteiger partial charge in [-0.2, -0.15) is 0 Å². The van der Waals surface area contributed by atoms with Crippen LogP contribution in [0.5, 0.6) is 0 Å². The lowest BCUT2D eigenvalue weighted by atomic mass is 9.69. The van der Waals surface area contributed by atoms with Crippen LogP contribution in [-0.4, -0.2) is 11.0 Å². The number of fused-ring (bicyclic) bond motifs is 1. The predicted molar refractivity (Wildman–Crippen MR) is 74.9 cm³/mol. The van der Waals surface area contributed by atoms with Gasteiger partial charge in [-0.25, -0.2) is 0 Å². The maximum absolute atomic E-state index is 11.1. The quantitative estimate of drug-likeness (QED) is 0.883. The Hall–Kier alpha value is -0.610. The van der Waals surface area contributed by atoms with E-state index in [0.29, 0.717) is 6.04 Å². The van der Waals surface area contributed by atoms with Crippen LogP contribution in [0.2, 0.25) is 0 Å². The first-order valence-electron chi connectivity index (χ1n) is 7.21. The molecule has 1 heterocycles. The maximum atomic E-state index is 11.1. The average molecular weight is 266 g/mol. The molecule has 3 unspecified atom stereocenters. The minimum absolute atomic E-state index is 0.0581. The van der Waals surface area contributed by atoms with Gasteiger partial charge in [0.25, 0.3) is 0 Å². The van der Waals surface area contributed by atoms with Crippen LogP contribution in [0.25, 0.3) is 0 Å². The molecule has 3 rings (SSSR count). The van der Waals surface area contributed by atoms with Gasteiger partial charge in [-0.1, -0.05) is 37.0 Å². The van der Waals surface area contributed by atoms with Gasteiger partial charge in [0.05, 0.1) is 0 Å². The molecule has 2 fully saturated rings. The van der Waals surface area contributed by atoms with Crippen molar-refractivity contribution in [2.75, 3.05) is 0 Å². The van der Waals surface area contributed by atoms with Crippen LogP contribution in [0, 0.1) is 11.8 Å². The van der Waals surface area contributed by atoms with E-state index in [1.165, 1.54) is 56.3 Å². The van der Waals surface area contributed by atoms with Crippen LogP contribution in [0.1, 0.15) is 50.6 Å². The summed E-state index contributed by atoms with van der Waals surface area (Å²) in [7, 11) is 0. The van der Waals surface area contributed by atoms with Gasteiger partial charge in [-0.15, -0.1) is 0 Å².